The topological polar surface area (TPSA) is 50.7 Å². The van der Waals surface area contributed by atoms with Crippen molar-refractivity contribution in [3.05, 3.63) is 23.8 Å². The lowest BCUT2D eigenvalue weighted by Crippen LogP contribution is -2.24. The van der Waals surface area contributed by atoms with Crippen LogP contribution in [0.1, 0.15) is 12.5 Å². The minimum Gasteiger partial charge on any atom is -0.497 e. The molecule has 0 bridgehead atoms. The van der Waals surface area contributed by atoms with Gasteiger partial charge in [0.15, 0.2) is 0 Å². The minimum atomic E-state index is -0.343. The molecule has 1 aromatic rings. The molecule has 0 aliphatic rings. The van der Waals surface area contributed by atoms with E-state index in [4.69, 9.17) is 14.6 Å². The molecular weight excluding hydrogens is 206 g/mol. The molecule has 0 spiro atoms. The average molecular weight is 225 g/mol. The van der Waals surface area contributed by atoms with Gasteiger partial charge in [0.1, 0.15) is 11.5 Å². The summed E-state index contributed by atoms with van der Waals surface area (Å²) in [5, 5.41) is 12.3. The molecule has 1 unspecified atom stereocenters. The summed E-state index contributed by atoms with van der Waals surface area (Å²) in [6, 6.07) is 5.69. The number of hydrogen-bond donors (Lipinski definition) is 2. The molecular formula is C12H19NO3. The molecule has 4 nitrogen and oxygen atoms in total. The summed E-state index contributed by atoms with van der Waals surface area (Å²) in [6.07, 6.45) is -0.343. The Hall–Kier alpha value is -1.26. The summed E-state index contributed by atoms with van der Waals surface area (Å²) in [5.41, 5.74) is 1.05. The van der Waals surface area contributed by atoms with Crippen LogP contribution in [0.25, 0.3) is 0 Å². The Morgan fingerprint density at radius 3 is 2.62 bits per heavy atom. The number of nitrogens with one attached hydrogen (secondary N) is 1. The van der Waals surface area contributed by atoms with Crippen molar-refractivity contribution in [3.63, 3.8) is 0 Å². The predicted octanol–water partition coefficient (Wildman–Crippen LogP) is 1.17. The Bertz CT molecular complexity index is 326. The highest BCUT2D eigenvalue weighted by Crippen LogP contribution is 2.24. The molecule has 0 aliphatic carbocycles. The van der Waals surface area contributed by atoms with Crippen molar-refractivity contribution in [2.24, 2.45) is 0 Å². The Morgan fingerprint density at radius 2 is 2.06 bits per heavy atom. The van der Waals surface area contributed by atoms with Crippen molar-refractivity contribution < 1.29 is 14.6 Å². The van der Waals surface area contributed by atoms with Crippen LogP contribution in [0.3, 0.4) is 0 Å². The van der Waals surface area contributed by atoms with Gasteiger partial charge in [-0.05, 0) is 13.0 Å². The van der Waals surface area contributed by atoms with Crippen LogP contribution in [0.5, 0.6) is 11.5 Å². The molecule has 0 amide bonds. The molecule has 0 saturated carbocycles. The SMILES string of the molecule is COc1ccc(CNCC(C)O)c(OC)c1. The van der Waals surface area contributed by atoms with Gasteiger partial charge in [0.2, 0.25) is 0 Å². The van der Waals surface area contributed by atoms with Gasteiger partial charge in [-0.3, -0.25) is 0 Å². The van der Waals surface area contributed by atoms with E-state index in [0.717, 1.165) is 17.1 Å². The molecule has 90 valence electrons. The van der Waals surface area contributed by atoms with Gasteiger partial charge in [0.05, 0.1) is 20.3 Å². The summed E-state index contributed by atoms with van der Waals surface area (Å²) < 4.78 is 10.4. The highest BCUT2D eigenvalue weighted by molar-refractivity contribution is 5.40. The quantitative estimate of drug-likeness (QED) is 0.763. The van der Waals surface area contributed by atoms with Gasteiger partial charge >= 0.3 is 0 Å². The van der Waals surface area contributed by atoms with Crippen LogP contribution in [0, 0.1) is 0 Å². The van der Waals surface area contributed by atoms with Crippen LogP contribution in [0.2, 0.25) is 0 Å². The van der Waals surface area contributed by atoms with Gasteiger partial charge in [0, 0.05) is 24.7 Å². The molecule has 0 radical (unpaired) electrons. The lowest BCUT2D eigenvalue weighted by atomic mass is 10.2. The molecule has 1 atom stereocenters. The zero-order valence-electron chi connectivity index (χ0n) is 9.99. The number of ether oxygens (including phenoxy) is 2. The highest BCUT2D eigenvalue weighted by atomic mass is 16.5. The third kappa shape index (κ3) is 3.72. The normalized spacial score (nSPS) is 12.2. The summed E-state index contributed by atoms with van der Waals surface area (Å²) in [7, 11) is 3.26. The number of aliphatic hydroxyl groups is 1. The van der Waals surface area contributed by atoms with E-state index < -0.39 is 0 Å². The third-order valence-electron chi connectivity index (χ3n) is 2.25. The maximum atomic E-state index is 9.13. The van der Waals surface area contributed by atoms with E-state index in [9.17, 15) is 0 Å². The average Bonchev–Trinajstić information content (AvgIpc) is 2.29. The largest absolute Gasteiger partial charge is 0.497 e. The Balaban J connectivity index is 2.64. The first-order chi connectivity index (χ1) is 7.67. The fourth-order valence-corrected chi connectivity index (χ4v) is 1.41. The van der Waals surface area contributed by atoms with Crippen LogP contribution in [0.4, 0.5) is 0 Å². The van der Waals surface area contributed by atoms with E-state index in [0.29, 0.717) is 13.1 Å². The van der Waals surface area contributed by atoms with Gasteiger partial charge in [-0.2, -0.15) is 0 Å². The second-order valence-electron chi connectivity index (χ2n) is 3.66. The number of benzene rings is 1. The molecule has 0 aromatic heterocycles. The van der Waals surface area contributed by atoms with E-state index >= 15 is 0 Å². The summed E-state index contributed by atoms with van der Waals surface area (Å²) in [4.78, 5) is 0. The Kier molecular flexibility index (Phi) is 5.08. The maximum absolute atomic E-state index is 9.13. The Labute approximate surface area is 96.2 Å². The molecule has 0 heterocycles. The molecule has 0 fully saturated rings. The van der Waals surface area contributed by atoms with E-state index in [1.807, 2.05) is 18.2 Å². The monoisotopic (exact) mass is 225 g/mol. The van der Waals surface area contributed by atoms with Crippen LogP contribution in [0.15, 0.2) is 18.2 Å². The maximum Gasteiger partial charge on any atom is 0.127 e. The first kappa shape index (κ1) is 12.8. The lowest BCUT2D eigenvalue weighted by molar-refractivity contribution is 0.191. The van der Waals surface area contributed by atoms with Gasteiger partial charge in [-0.25, -0.2) is 0 Å². The summed E-state index contributed by atoms with van der Waals surface area (Å²) in [5.74, 6) is 1.56. The van der Waals surface area contributed by atoms with Crippen LogP contribution < -0.4 is 14.8 Å². The van der Waals surface area contributed by atoms with Crippen molar-refractivity contribution >= 4 is 0 Å². The molecule has 1 rings (SSSR count). The van der Waals surface area contributed by atoms with Crippen LogP contribution >= 0.6 is 0 Å². The second-order valence-corrected chi connectivity index (χ2v) is 3.66. The van der Waals surface area contributed by atoms with Gasteiger partial charge in [-0.1, -0.05) is 6.07 Å². The number of methoxy groups -OCH3 is 2. The summed E-state index contributed by atoms with van der Waals surface area (Å²) >= 11 is 0. The van der Waals surface area contributed by atoms with Crippen molar-refractivity contribution in [2.45, 2.75) is 19.6 Å². The second kappa shape index (κ2) is 6.35. The van der Waals surface area contributed by atoms with E-state index in [1.165, 1.54) is 0 Å². The van der Waals surface area contributed by atoms with Crippen LogP contribution in [-0.2, 0) is 6.54 Å². The molecule has 4 heteroatoms. The molecule has 2 N–H and O–H groups in total. The molecule has 0 aliphatic heterocycles. The Morgan fingerprint density at radius 1 is 1.31 bits per heavy atom. The minimum absolute atomic E-state index is 0.343. The standard InChI is InChI=1S/C12H19NO3/c1-9(14)7-13-8-10-4-5-11(15-2)6-12(10)16-3/h4-6,9,13-14H,7-8H2,1-3H3. The van der Waals surface area contributed by atoms with Gasteiger partial charge in [0.25, 0.3) is 0 Å². The van der Waals surface area contributed by atoms with Gasteiger partial charge < -0.3 is 19.9 Å². The smallest absolute Gasteiger partial charge is 0.127 e. The summed E-state index contributed by atoms with van der Waals surface area (Å²) in [6.45, 7) is 2.98. The fourth-order valence-electron chi connectivity index (χ4n) is 1.41. The number of aliphatic hydroxyl groups excluding tert-OH is 1. The fraction of sp³-hybridized carbons (Fsp3) is 0.500. The van der Waals surface area contributed by atoms with Crippen molar-refractivity contribution in [3.8, 4) is 11.5 Å². The first-order valence-electron chi connectivity index (χ1n) is 5.27. The van der Waals surface area contributed by atoms with Crippen molar-refractivity contribution in [1.29, 1.82) is 0 Å². The zero-order valence-corrected chi connectivity index (χ0v) is 9.99. The van der Waals surface area contributed by atoms with E-state index in [1.54, 1.807) is 21.1 Å². The zero-order chi connectivity index (χ0) is 12.0. The number of rotatable bonds is 6. The first-order valence-corrected chi connectivity index (χ1v) is 5.27. The van der Waals surface area contributed by atoms with Crippen LogP contribution in [-0.4, -0.2) is 32.0 Å². The predicted molar refractivity (Wildman–Crippen MR) is 62.9 cm³/mol. The van der Waals surface area contributed by atoms with Crippen molar-refractivity contribution in [1.82, 2.24) is 5.32 Å². The molecule has 16 heavy (non-hydrogen) atoms. The highest BCUT2D eigenvalue weighted by Gasteiger charge is 2.04. The lowest BCUT2D eigenvalue weighted by Gasteiger charge is -2.12. The number of hydrogen-bond acceptors (Lipinski definition) is 4. The van der Waals surface area contributed by atoms with E-state index in [2.05, 4.69) is 5.32 Å². The van der Waals surface area contributed by atoms with E-state index in [-0.39, 0.29) is 6.10 Å². The molecule has 0 saturated heterocycles. The van der Waals surface area contributed by atoms with Crippen molar-refractivity contribution in [2.75, 3.05) is 20.8 Å². The van der Waals surface area contributed by atoms with Gasteiger partial charge in [-0.15, -0.1) is 0 Å². The molecule has 1 aromatic carbocycles. The third-order valence-corrected chi connectivity index (χ3v) is 2.25.